The molecule has 0 aliphatic carbocycles. The first-order valence-electron chi connectivity index (χ1n) is 6.71. The Morgan fingerprint density at radius 3 is 2.39 bits per heavy atom. The normalized spacial score (nSPS) is 16.6. The lowest BCUT2D eigenvalue weighted by Gasteiger charge is -2.36. The second-order valence-corrected chi connectivity index (χ2v) is 5.98. The topological polar surface area (TPSA) is 29.3 Å². The first kappa shape index (κ1) is 15.7. The third-order valence-corrected chi connectivity index (χ3v) is 4.28. The van der Waals surface area contributed by atoms with Gasteiger partial charge in [-0.3, -0.25) is 4.90 Å². The largest absolute Gasteiger partial charge is 0.326 e. The highest BCUT2D eigenvalue weighted by Crippen LogP contribution is 2.30. The number of likely N-dealkylation sites (N-methyl/N-ethyl adjacent to an activating group) is 1. The quantitative estimate of drug-likeness (QED) is 0.861. The predicted molar refractivity (Wildman–Crippen MR) is 82.7 cm³/mol. The summed E-state index contributed by atoms with van der Waals surface area (Å²) in [6.07, 6.45) is 2.40. The van der Waals surface area contributed by atoms with Crippen molar-refractivity contribution in [1.29, 1.82) is 0 Å². The van der Waals surface area contributed by atoms with E-state index in [1.165, 1.54) is 18.4 Å². The van der Waals surface area contributed by atoms with Crippen LogP contribution in [0.1, 0.15) is 45.2 Å². The van der Waals surface area contributed by atoms with Gasteiger partial charge in [-0.1, -0.05) is 47.5 Å². The van der Waals surface area contributed by atoms with Gasteiger partial charge in [0.2, 0.25) is 0 Å². The van der Waals surface area contributed by atoms with E-state index in [0.717, 1.165) is 4.47 Å². The number of hydrogen-bond acceptors (Lipinski definition) is 2. The molecule has 2 nitrogen and oxygen atoms in total. The summed E-state index contributed by atoms with van der Waals surface area (Å²) >= 11 is 3.64. The molecule has 102 valence electrons. The van der Waals surface area contributed by atoms with Crippen molar-refractivity contribution in [3.8, 4) is 0 Å². The summed E-state index contributed by atoms with van der Waals surface area (Å²) in [6.45, 7) is 6.58. The molecule has 0 spiro atoms. The molecule has 0 saturated carbocycles. The molecule has 0 aliphatic rings. The first-order chi connectivity index (χ1) is 8.49. The van der Waals surface area contributed by atoms with Crippen LogP contribution in [0.2, 0.25) is 0 Å². The fourth-order valence-corrected chi connectivity index (χ4v) is 3.00. The minimum absolute atomic E-state index is 0.105. The van der Waals surface area contributed by atoms with E-state index >= 15 is 0 Å². The Kier molecular flexibility index (Phi) is 6.33. The molecule has 0 aliphatic heterocycles. The predicted octanol–water partition coefficient (Wildman–Crippen LogP) is 3.96. The summed E-state index contributed by atoms with van der Waals surface area (Å²) in [7, 11) is 2.17. The van der Waals surface area contributed by atoms with E-state index in [4.69, 9.17) is 5.73 Å². The molecule has 0 fully saturated rings. The van der Waals surface area contributed by atoms with Gasteiger partial charge in [0.15, 0.2) is 0 Å². The monoisotopic (exact) mass is 312 g/mol. The molecule has 3 atom stereocenters. The van der Waals surface area contributed by atoms with Gasteiger partial charge >= 0.3 is 0 Å². The van der Waals surface area contributed by atoms with Crippen molar-refractivity contribution in [2.45, 2.75) is 51.7 Å². The summed E-state index contributed by atoms with van der Waals surface area (Å²) in [5.74, 6) is 0. The lowest BCUT2D eigenvalue weighted by Crippen LogP contribution is -2.41. The number of hydrogen-bond donors (Lipinski definition) is 1. The van der Waals surface area contributed by atoms with Crippen LogP contribution in [0.3, 0.4) is 0 Å². The Labute approximate surface area is 120 Å². The van der Waals surface area contributed by atoms with Crippen molar-refractivity contribution in [3.63, 3.8) is 0 Å². The fraction of sp³-hybridized carbons (Fsp3) is 0.600. The van der Waals surface area contributed by atoms with Gasteiger partial charge in [-0.2, -0.15) is 0 Å². The zero-order chi connectivity index (χ0) is 13.7. The fourth-order valence-electron chi connectivity index (χ4n) is 2.48. The molecule has 1 rings (SSSR count). The van der Waals surface area contributed by atoms with E-state index in [9.17, 15) is 0 Å². The van der Waals surface area contributed by atoms with Crippen LogP contribution in [0.4, 0.5) is 0 Å². The van der Waals surface area contributed by atoms with Crippen molar-refractivity contribution in [3.05, 3.63) is 34.3 Å². The van der Waals surface area contributed by atoms with E-state index in [0.29, 0.717) is 6.04 Å². The van der Waals surface area contributed by atoms with Crippen LogP contribution < -0.4 is 5.73 Å². The SMILES string of the molecule is CCCC(C)N(C)C(c1ccccc1Br)C(C)N. The van der Waals surface area contributed by atoms with Gasteiger partial charge in [-0.05, 0) is 38.9 Å². The molecular formula is C15H25BrN2. The molecule has 0 heterocycles. The Hall–Kier alpha value is -0.380. The molecule has 1 aromatic rings. The number of nitrogens with two attached hydrogens (primary N) is 1. The van der Waals surface area contributed by atoms with Gasteiger partial charge in [0, 0.05) is 16.6 Å². The molecule has 0 radical (unpaired) electrons. The van der Waals surface area contributed by atoms with E-state index in [1.54, 1.807) is 0 Å². The lowest BCUT2D eigenvalue weighted by atomic mass is 9.97. The molecule has 0 saturated heterocycles. The first-order valence-corrected chi connectivity index (χ1v) is 7.50. The van der Waals surface area contributed by atoms with E-state index in [1.807, 2.05) is 6.07 Å². The average molecular weight is 313 g/mol. The molecule has 3 heteroatoms. The van der Waals surface area contributed by atoms with Crippen LogP contribution in [0.25, 0.3) is 0 Å². The van der Waals surface area contributed by atoms with Gasteiger partial charge in [-0.25, -0.2) is 0 Å². The highest BCUT2D eigenvalue weighted by molar-refractivity contribution is 9.10. The van der Waals surface area contributed by atoms with Crippen molar-refractivity contribution in [2.24, 2.45) is 5.73 Å². The Morgan fingerprint density at radius 2 is 1.89 bits per heavy atom. The second-order valence-electron chi connectivity index (χ2n) is 5.13. The minimum Gasteiger partial charge on any atom is -0.326 e. The van der Waals surface area contributed by atoms with Crippen LogP contribution in [-0.4, -0.2) is 24.0 Å². The lowest BCUT2D eigenvalue weighted by molar-refractivity contribution is 0.157. The summed E-state index contributed by atoms with van der Waals surface area (Å²) in [6, 6.07) is 9.26. The standard InChI is InChI=1S/C15H25BrN2/c1-5-8-11(2)18(4)15(12(3)17)13-9-6-7-10-14(13)16/h6-7,9-12,15H,5,8,17H2,1-4H3. The van der Waals surface area contributed by atoms with Crippen molar-refractivity contribution >= 4 is 15.9 Å². The van der Waals surface area contributed by atoms with Crippen molar-refractivity contribution < 1.29 is 0 Å². The van der Waals surface area contributed by atoms with Gasteiger partial charge in [0.1, 0.15) is 0 Å². The molecule has 18 heavy (non-hydrogen) atoms. The smallest absolute Gasteiger partial charge is 0.0507 e. The number of rotatable bonds is 6. The molecule has 2 N–H and O–H groups in total. The van der Waals surface area contributed by atoms with Crippen LogP contribution in [-0.2, 0) is 0 Å². The maximum absolute atomic E-state index is 6.21. The van der Waals surface area contributed by atoms with Crippen molar-refractivity contribution in [1.82, 2.24) is 4.90 Å². The van der Waals surface area contributed by atoms with Crippen LogP contribution in [0.5, 0.6) is 0 Å². The number of halogens is 1. The summed E-state index contributed by atoms with van der Waals surface area (Å²) in [5.41, 5.74) is 7.49. The Morgan fingerprint density at radius 1 is 1.28 bits per heavy atom. The van der Waals surface area contributed by atoms with Gasteiger partial charge < -0.3 is 5.73 Å². The number of benzene rings is 1. The third kappa shape index (κ3) is 3.81. The van der Waals surface area contributed by atoms with Crippen LogP contribution in [0, 0.1) is 0 Å². The average Bonchev–Trinajstić information content (AvgIpc) is 2.31. The van der Waals surface area contributed by atoms with E-state index in [2.05, 4.69) is 66.8 Å². The van der Waals surface area contributed by atoms with Gasteiger partial charge in [0.05, 0.1) is 6.04 Å². The second kappa shape index (κ2) is 7.27. The Balaban J connectivity index is 3.00. The molecule has 0 aromatic heterocycles. The summed E-state index contributed by atoms with van der Waals surface area (Å²) in [5, 5.41) is 0. The maximum Gasteiger partial charge on any atom is 0.0507 e. The molecule has 1 aromatic carbocycles. The summed E-state index contributed by atoms with van der Waals surface area (Å²) < 4.78 is 1.14. The maximum atomic E-state index is 6.21. The van der Waals surface area contributed by atoms with Gasteiger partial charge in [0.25, 0.3) is 0 Å². The number of nitrogens with zero attached hydrogens (tertiary/aromatic N) is 1. The zero-order valence-electron chi connectivity index (χ0n) is 11.9. The zero-order valence-corrected chi connectivity index (χ0v) is 13.4. The molecule has 3 unspecified atom stereocenters. The summed E-state index contributed by atoms with van der Waals surface area (Å²) in [4.78, 5) is 2.40. The molecule has 0 bridgehead atoms. The van der Waals surface area contributed by atoms with Crippen LogP contribution >= 0.6 is 15.9 Å². The molecule has 0 amide bonds. The van der Waals surface area contributed by atoms with Crippen LogP contribution in [0.15, 0.2) is 28.7 Å². The highest BCUT2D eigenvalue weighted by Gasteiger charge is 2.25. The Bertz CT molecular complexity index is 365. The van der Waals surface area contributed by atoms with E-state index in [-0.39, 0.29) is 12.1 Å². The minimum atomic E-state index is 0.105. The molecular weight excluding hydrogens is 288 g/mol. The van der Waals surface area contributed by atoms with Crippen molar-refractivity contribution in [2.75, 3.05) is 7.05 Å². The van der Waals surface area contributed by atoms with Gasteiger partial charge in [-0.15, -0.1) is 0 Å². The van der Waals surface area contributed by atoms with E-state index < -0.39 is 0 Å². The third-order valence-electron chi connectivity index (χ3n) is 3.56. The highest BCUT2D eigenvalue weighted by atomic mass is 79.9.